The molecule has 2 aliphatic rings. The Balaban J connectivity index is 1.33. The summed E-state index contributed by atoms with van der Waals surface area (Å²) < 4.78 is 41.3. The van der Waals surface area contributed by atoms with Crippen molar-refractivity contribution in [1.29, 1.82) is 0 Å². The number of halogens is 1. The molecule has 206 valence electrons. The Labute approximate surface area is 223 Å². The van der Waals surface area contributed by atoms with Crippen LogP contribution in [0, 0.1) is 11.7 Å². The number of sulfonamides is 1. The van der Waals surface area contributed by atoms with Crippen LogP contribution in [0.25, 0.3) is 0 Å². The van der Waals surface area contributed by atoms with E-state index in [1.807, 2.05) is 47.1 Å². The van der Waals surface area contributed by atoms with Crippen LogP contribution < -0.4 is 10.4 Å². The van der Waals surface area contributed by atoms with Crippen molar-refractivity contribution in [2.45, 2.75) is 31.7 Å². The largest absolute Gasteiger partial charge is 0.373 e. The topological polar surface area (TPSA) is 99.3 Å². The third kappa shape index (κ3) is 6.89. The van der Waals surface area contributed by atoms with Crippen LogP contribution in [-0.4, -0.2) is 81.1 Å². The molecule has 2 aromatic rings. The van der Waals surface area contributed by atoms with Gasteiger partial charge < -0.3 is 14.6 Å². The minimum atomic E-state index is -3.65. The van der Waals surface area contributed by atoms with Gasteiger partial charge in [0.05, 0.1) is 17.7 Å². The zero-order valence-electron chi connectivity index (χ0n) is 21.5. The summed E-state index contributed by atoms with van der Waals surface area (Å²) in [5, 5.41) is 0. The normalized spacial score (nSPS) is 19.1. The minimum absolute atomic E-state index is 0.0509. The molecule has 4 rings (SSSR count). The maximum atomic E-state index is 13.3. The van der Waals surface area contributed by atoms with E-state index in [1.54, 1.807) is 12.1 Å². The number of likely N-dealkylation sites (tertiary alicyclic amines) is 1. The second-order valence-corrected chi connectivity index (χ2v) is 11.9. The van der Waals surface area contributed by atoms with Gasteiger partial charge in [0.1, 0.15) is 5.82 Å². The van der Waals surface area contributed by atoms with Gasteiger partial charge in [0.15, 0.2) is 0 Å². The zero-order chi connectivity index (χ0) is 27.1. The Hall–Kier alpha value is -3.02. The lowest BCUT2D eigenvalue weighted by molar-refractivity contribution is -0.138. The maximum Gasteiger partial charge on any atom is 0.312 e. The number of amides is 1. The van der Waals surface area contributed by atoms with E-state index in [2.05, 4.69) is 5.48 Å². The zero-order valence-corrected chi connectivity index (χ0v) is 22.4. The van der Waals surface area contributed by atoms with Crippen LogP contribution in [0.15, 0.2) is 54.6 Å². The van der Waals surface area contributed by atoms with E-state index in [0.29, 0.717) is 52.1 Å². The van der Waals surface area contributed by atoms with Gasteiger partial charge in [-0.25, -0.2) is 12.8 Å². The number of piperazine rings is 1. The van der Waals surface area contributed by atoms with Gasteiger partial charge in [-0.05, 0) is 55.5 Å². The summed E-state index contributed by atoms with van der Waals surface area (Å²) in [4.78, 5) is 32.6. The summed E-state index contributed by atoms with van der Waals surface area (Å²) in [6.07, 6.45) is 1.20. The number of carbonyl (C=O) groups excluding carboxylic acids is 2. The summed E-state index contributed by atoms with van der Waals surface area (Å²) >= 11 is 0. The Kier molecular flexibility index (Phi) is 9.35. The summed E-state index contributed by atoms with van der Waals surface area (Å²) in [7, 11) is -3.65. The van der Waals surface area contributed by atoms with Crippen LogP contribution >= 0.6 is 0 Å². The lowest BCUT2D eigenvalue weighted by atomic mass is 9.89. The molecule has 0 aromatic heterocycles. The molecule has 2 aliphatic heterocycles. The predicted molar refractivity (Wildman–Crippen MR) is 142 cm³/mol. The van der Waals surface area contributed by atoms with Crippen LogP contribution in [0.3, 0.4) is 0 Å². The SMILES string of the molecule is CC(C(=O)N1CCC(C(CS(=O)(=O)N2CCN(c3ccc(F)cc3)CC2)NOC=O)CC1)c1ccccc1. The molecule has 0 saturated carbocycles. The van der Waals surface area contributed by atoms with Gasteiger partial charge in [-0.1, -0.05) is 30.3 Å². The van der Waals surface area contributed by atoms with Gasteiger partial charge in [0, 0.05) is 45.0 Å². The van der Waals surface area contributed by atoms with Crippen LogP contribution in [0.4, 0.5) is 10.1 Å². The number of hydrogen-bond acceptors (Lipinski definition) is 7. The molecular formula is C27H35FN4O5S. The molecule has 38 heavy (non-hydrogen) atoms. The van der Waals surface area contributed by atoms with Gasteiger partial charge >= 0.3 is 6.47 Å². The first-order chi connectivity index (χ1) is 18.3. The fraction of sp³-hybridized carbons (Fsp3) is 0.481. The number of benzene rings is 2. The van der Waals surface area contributed by atoms with Crippen molar-refractivity contribution in [3.8, 4) is 0 Å². The van der Waals surface area contributed by atoms with Crippen LogP contribution in [0.2, 0.25) is 0 Å². The molecule has 2 saturated heterocycles. The van der Waals surface area contributed by atoms with E-state index in [9.17, 15) is 22.4 Å². The van der Waals surface area contributed by atoms with Crippen LogP contribution in [0.1, 0.15) is 31.2 Å². The predicted octanol–water partition coefficient (Wildman–Crippen LogP) is 2.37. The molecule has 2 unspecified atom stereocenters. The number of hydroxylamine groups is 1. The summed E-state index contributed by atoms with van der Waals surface area (Å²) in [6.45, 7) is 4.78. The first-order valence-electron chi connectivity index (χ1n) is 13.0. The van der Waals surface area contributed by atoms with Crippen molar-refractivity contribution in [1.82, 2.24) is 14.7 Å². The molecule has 1 amide bonds. The molecular weight excluding hydrogens is 511 g/mol. The van der Waals surface area contributed by atoms with Gasteiger partial charge in [0.2, 0.25) is 15.9 Å². The monoisotopic (exact) mass is 546 g/mol. The van der Waals surface area contributed by atoms with E-state index in [-0.39, 0.29) is 35.8 Å². The summed E-state index contributed by atoms with van der Waals surface area (Å²) in [6, 6.07) is 15.2. The number of piperidine rings is 1. The van der Waals surface area contributed by atoms with Crippen molar-refractivity contribution in [3.63, 3.8) is 0 Å². The second-order valence-electron chi connectivity index (χ2n) is 9.87. The highest BCUT2D eigenvalue weighted by Gasteiger charge is 2.36. The highest BCUT2D eigenvalue weighted by molar-refractivity contribution is 7.89. The van der Waals surface area contributed by atoms with E-state index in [4.69, 9.17) is 4.84 Å². The standard InChI is InChI=1S/C27H35FN4O5S/c1-21(22-5-3-2-4-6-22)27(34)31-13-11-23(12-14-31)26(29-37-20-33)19-38(35,36)32-17-15-30(16-18-32)25-9-7-24(28)8-10-25/h2-10,20-21,23,26,29H,11-19H2,1H3. The van der Waals surface area contributed by atoms with Crippen molar-refractivity contribution >= 4 is 28.1 Å². The molecule has 0 radical (unpaired) electrons. The van der Waals surface area contributed by atoms with Gasteiger partial charge in [-0.3, -0.25) is 9.59 Å². The average molecular weight is 547 g/mol. The quantitative estimate of drug-likeness (QED) is 0.361. The lowest BCUT2D eigenvalue weighted by Gasteiger charge is -2.38. The number of anilines is 1. The van der Waals surface area contributed by atoms with Crippen LogP contribution in [-0.2, 0) is 24.4 Å². The molecule has 0 aliphatic carbocycles. The molecule has 2 fully saturated rings. The van der Waals surface area contributed by atoms with Crippen molar-refractivity contribution in [2.75, 3.05) is 49.9 Å². The molecule has 9 nitrogen and oxygen atoms in total. The van der Waals surface area contributed by atoms with E-state index < -0.39 is 16.1 Å². The molecule has 0 bridgehead atoms. The average Bonchev–Trinajstić information content (AvgIpc) is 2.95. The molecule has 2 heterocycles. The first kappa shape index (κ1) is 28.0. The fourth-order valence-corrected chi connectivity index (χ4v) is 7.00. The maximum absolute atomic E-state index is 13.3. The number of rotatable bonds is 10. The molecule has 1 N–H and O–H groups in total. The van der Waals surface area contributed by atoms with Crippen molar-refractivity contribution in [2.24, 2.45) is 5.92 Å². The number of nitrogens with zero attached hydrogens (tertiary/aromatic N) is 3. The van der Waals surface area contributed by atoms with E-state index >= 15 is 0 Å². The van der Waals surface area contributed by atoms with E-state index in [0.717, 1.165) is 11.3 Å². The Morgan fingerprint density at radius 3 is 2.26 bits per heavy atom. The Morgan fingerprint density at radius 2 is 1.66 bits per heavy atom. The van der Waals surface area contributed by atoms with Crippen LogP contribution in [0.5, 0.6) is 0 Å². The second kappa shape index (κ2) is 12.7. The summed E-state index contributed by atoms with van der Waals surface area (Å²) in [5.74, 6) is -0.812. The van der Waals surface area contributed by atoms with Gasteiger partial charge in [-0.15, -0.1) is 5.48 Å². The highest BCUT2D eigenvalue weighted by Crippen LogP contribution is 2.26. The molecule has 0 spiro atoms. The first-order valence-corrected chi connectivity index (χ1v) is 14.6. The van der Waals surface area contributed by atoms with Crippen molar-refractivity contribution < 1.29 is 27.2 Å². The van der Waals surface area contributed by atoms with Crippen molar-refractivity contribution in [3.05, 3.63) is 66.0 Å². The number of hydrogen-bond donors (Lipinski definition) is 1. The van der Waals surface area contributed by atoms with Gasteiger partial charge in [-0.2, -0.15) is 4.31 Å². The summed E-state index contributed by atoms with van der Waals surface area (Å²) in [5.41, 5.74) is 4.46. The molecule has 11 heteroatoms. The lowest BCUT2D eigenvalue weighted by Crippen LogP contribution is -2.53. The Morgan fingerprint density at radius 1 is 1.03 bits per heavy atom. The third-order valence-electron chi connectivity index (χ3n) is 7.57. The number of carbonyl (C=O) groups is 2. The fourth-order valence-electron chi connectivity index (χ4n) is 5.27. The molecule has 2 aromatic carbocycles. The van der Waals surface area contributed by atoms with Gasteiger partial charge in [0.25, 0.3) is 0 Å². The number of nitrogens with one attached hydrogen (secondary N) is 1. The smallest absolute Gasteiger partial charge is 0.312 e. The Bertz CT molecular complexity index is 1170. The third-order valence-corrected chi connectivity index (χ3v) is 9.50. The highest BCUT2D eigenvalue weighted by atomic mass is 32.2. The van der Waals surface area contributed by atoms with E-state index in [1.165, 1.54) is 16.4 Å². The molecule has 2 atom stereocenters. The minimum Gasteiger partial charge on any atom is -0.373 e.